The summed E-state index contributed by atoms with van der Waals surface area (Å²) in [6, 6.07) is 5.08. The molecule has 1 aliphatic heterocycles. The molecule has 1 aromatic heterocycles. The van der Waals surface area contributed by atoms with E-state index < -0.39 is 0 Å². The van der Waals surface area contributed by atoms with Crippen molar-refractivity contribution in [3.63, 3.8) is 0 Å². The summed E-state index contributed by atoms with van der Waals surface area (Å²) in [6.45, 7) is 1.22. The van der Waals surface area contributed by atoms with Crippen molar-refractivity contribution in [3.05, 3.63) is 17.5 Å². The summed E-state index contributed by atoms with van der Waals surface area (Å²) >= 11 is 3.82. The van der Waals surface area contributed by atoms with E-state index in [1.807, 2.05) is 23.1 Å². The van der Waals surface area contributed by atoms with Crippen molar-refractivity contribution >= 4 is 23.1 Å². The molecule has 0 saturated carbocycles. The Hall–Kier alpha value is 0.01000. The first-order valence-electron chi connectivity index (χ1n) is 4.35. The summed E-state index contributed by atoms with van der Waals surface area (Å²) in [5, 5.41) is 5.65. The summed E-state index contributed by atoms with van der Waals surface area (Å²) < 4.78 is 1.45. The van der Waals surface area contributed by atoms with Gasteiger partial charge in [-0.1, -0.05) is 6.07 Å². The Kier molecular flexibility index (Phi) is 3.08. The highest BCUT2D eigenvalue weighted by Crippen LogP contribution is 2.25. The molecule has 1 aromatic rings. The van der Waals surface area contributed by atoms with Gasteiger partial charge in [0.15, 0.2) is 0 Å². The molecular weight excluding hydrogens is 186 g/mol. The fourth-order valence-corrected chi connectivity index (χ4v) is 3.34. The average molecular weight is 199 g/mol. The van der Waals surface area contributed by atoms with Crippen LogP contribution in [0.5, 0.6) is 0 Å². The number of hydrogen-bond acceptors (Lipinski definition) is 3. The first kappa shape index (κ1) is 8.60. The van der Waals surface area contributed by atoms with E-state index in [-0.39, 0.29) is 0 Å². The van der Waals surface area contributed by atoms with Crippen LogP contribution < -0.4 is 5.32 Å². The summed E-state index contributed by atoms with van der Waals surface area (Å²) in [5.74, 6) is 1.24. The van der Waals surface area contributed by atoms with Crippen LogP contribution in [0.15, 0.2) is 21.7 Å². The maximum Gasteiger partial charge on any atom is 0.0599 e. The van der Waals surface area contributed by atoms with E-state index in [0.717, 1.165) is 6.04 Å². The van der Waals surface area contributed by atoms with E-state index in [2.05, 4.69) is 22.8 Å². The van der Waals surface area contributed by atoms with Gasteiger partial charge in [-0.05, 0) is 30.8 Å². The average Bonchev–Trinajstić information content (AvgIpc) is 2.74. The molecule has 1 atom stereocenters. The van der Waals surface area contributed by atoms with Crippen LogP contribution in [0.4, 0.5) is 0 Å². The van der Waals surface area contributed by atoms with E-state index in [0.29, 0.717) is 0 Å². The maximum atomic E-state index is 3.50. The maximum absolute atomic E-state index is 3.50. The van der Waals surface area contributed by atoms with Gasteiger partial charge in [0.25, 0.3) is 0 Å². The monoisotopic (exact) mass is 199 g/mol. The lowest BCUT2D eigenvalue weighted by Crippen LogP contribution is -2.23. The molecular formula is C9H13NS2. The van der Waals surface area contributed by atoms with Gasteiger partial charge in [-0.25, -0.2) is 0 Å². The SMILES string of the molecule is c1csc(SC[C@H]2CCCN2)c1. The van der Waals surface area contributed by atoms with Gasteiger partial charge in [0.1, 0.15) is 0 Å². The van der Waals surface area contributed by atoms with Crippen LogP contribution in [-0.4, -0.2) is 18.3 Å². The molecule has 2 rings (SSSR count). The summed E-state index contributed by atoms with van der Waals surface area (Å²) in [7, 11) is 0. The van der Waals surface area contributed by atoms with Crippen LogP contribution in [0.2, 0.25) is 0 Å². The first-order valence-corrected chi connectivity index (χ1v) is 6.21. The first-order chi connectivity index (χ1) is 5.95. The van der Waals surface area contributed by atoms with Gasteiger partial charge in [-0.3, -0.25) is 0 Å². The van der Waals surface area contributed by atoms with Gasteiger partial charge < -0.3 is 5.32 Å². The van der Waals surface area contributed by atoms with Crippen molar-refractivity contribution in [1.29, 1.82) is 0 Å². The molecule has 66 valence electrons. The van der Waals surface area contributed by atoms with Gasteiger partial charge in [-0.2, -0.15) is 0 Å². The van der Waals surface area contributed by atoms with Crippen LogP contribution in [0.3, 0.4) is 0 Å². The highest BCUT2D eigenvalue weighted by Gasteiger charge is 2.13. The molecule has 2 heterocycles. The fraction of sp³-hybridized carbons (Fsp3) is 0.556. The van der Waals surface area contributed by atoms with Crippen molar-refractivity contribution in [3.8, 4) is 0 Å². The molecule has 12 heavy (non-hydrogen) atoms. The molecule has 3 heteroatoms. The van der Waals surface area contributed by atoms with Gasteiger partial charge in [0.2, 0.25) is 0 Å². The lowest BCUT2D eigenvalue weighted by Gasteiger charge is -2.07. The molecule has 1 aliphatic rings. The Morgan fingerprint density at radius 1 is 1.67 bits per heavy atom. The zero-order valence-electron chi connectivity index (χ0n) is 6.95. The Balaban J connectivity index is 1.74. The van der Waals surface area contributed by atoms with Crippen molar-refractivity contribution < 1.29 is 0 Å². The van der Waals surface area contributed by atoms with E-state index in [4.69, 9.17) is 0 Å². The molecule has 1 nitrogen and oxygen atoms in total. The standard InChI is InChI=1S/C9H13NS2/c1-3-8(10-5-1)7-12-9-4-2-6-11-9/h2,4,6,8,10H,1,3,5,7H2/t8-/m1/s1. The van der Waals surface area contributed by atoms with Crippen LogP contribution in [-0.2, 0) is 0 Å². The van der Waals surface area contributed by atoms with E-state index >= 15 is 0 Å². The zero-order chi connectivity index (χ0) is 8.23. The Bertz CT molecular complexity index is 214. The van der Waals surface area contributed by atoms with Crippen molar-refractivity contribution in [2.75, 3.05) is 12.3 Å². The third-order valence-corrected chi connectivity index (χ3v) is 4.38. The topological polar surface area (TPSA) is 12.0 Å². The summed E-state index contributed by atoms with van der Waals surface area (Å²) in [6.07, 6.45) is 2.72. The van der Waals surface area contributed by atoms with Crippen LogP contribution in [0.25, 0.3) is 0 Å². The lowest BCUT2D eigenvalue weighted by molar-refractivity contribution is 0.674. The minimum Gasteiger partial charge on any atom is -0.313 e. The highest BCUT2D eigenvalue weighted by atomic mass is 32.2. The Morgan fingerprint density at radius 2 is 2.67 bits per heavy atom. The molecule has 1 N–H and O–H groups in total. The fourth-order valence-electron chi connectivity index (χ4n) is 1.43. The summed E-state index contributed by atoms with van der Waals surface area (Å²) in [5.41, 5.74) is 0. The predicted molar refractivity (Wildman–Crippen MR) is 56.1 cm³/mol. The van der Waals surface area contributed by atoms with Gasteiger partial charge in [-0.15, -0.1) is 23.1 Å². The van der Waals surface area contributed by atoms with Gasteiger partial charge in [0.05, 0.1) is 4.21 Å². The normalized spacial score (nSPS) is 23.2. The Labute approximate surface area is 81.6 Å². The molecule has 0 unspecified atom stereocenters. The van der Waals surface area contributed by atoms with Crippen LogP contribution in [0.1, 0.15) is 12.8 Å². The number of rotatable bonds is 3. The van der Waals surface area contributed by atoms with Crippen molar-refractivity contribution in [2.45, 2.75) is 23.1 Å². The second-order valence-corrected chi connectivity index (χ2v) is 5.30. The highest BCUT2D eigenvalue weighted by molar-refractivity contribution is 8.01. The number of thiophene rings is 1. The van der Waals surface area contributed by atoms with Crippen molar-refractivity contribution in [1.82, 2.24) is 5.32 Å². The number of hydrogen-bond donors (Lipinski definition) is 1. The molecule has 0 aromatic carbocycles. The van der Waals surface area contributed by atoms with Gasteiger partial charge >= 0.3 is 0 Å². The second kappa shape index (κ2) is 4.30. The molecule has 0 aliphatic carbocycles. The van der Waals surface area contributed by atoms with E-state index in [9.17, 15) is 0 Å². The van der Waals surface area contributed by atoms with Gasteiger partial charge in [0, 0.05) is 11.8 Å². The summed E-state index contributed by atoms with van der Waals surface area (Å²) in [4.78, 5) is 0. The third-order valence-electron chi connectivity index (χ3n) is 2.08. The van der Waals surface area contributed by atoms with Crippen LogP contribution >= 0.6 is 23.1 Å². The number of thioether (sulfide) groups is 1. The largest absolute Gasteiger partial charge is 0.313 e. The van der Waals surface area contributed by atoms with E-state index in [1.54, 1.807) is 0 Å². The molecule has 1 saturated heterocycles. The van der Waals surface area contributed by atoms with Crippen LogP contribution in [0, 0.1) is 0 Å². The molecule has 0 bridgehead atoms. The minimum absolute atomic E-state index is 0.761. The lowest BCUT2D eigenvalue weighted by atomic mass is 10.3. The Morgan fingerprint density at radius 3 is 3.33 bits per heavy atom. The number of nitrogens with one attached hydrogen (secondary N) is 1. The minimum atomic E-state index is 0.761. The third kappa shape index (κ3) is 2.25. The molecule has 0 amide bonds. The van der Waals surface area contributed by atoms with E-state index in [1.165, 1.54) is 29.3 Å². The quantitative estimate of drug-likeness (QED) is 0.751. The zero-order valence-corrected chi connectivity index (χ0v) is 8.59. The smallest absolute Gasteiger partial charge is 0.0599 e. The molecule has 0 spiro atoms. The second-order valence-electron chi connectivity index (χ2n) is 3.04. The molecule has 0 radical (unpaired) electrons. The molecule has 1 fully saturated rings. The van der Waals surface area contributed by atoms with Crippen molar-refractivity contribution in [2.24, 2.45) is 0 Å². The predicted octanol–water partition coefficient (Wildman–Crippen LogP) is 2.59.